The van der Waals surface area contributed by atoms with Crippen LogP contribution in [0, 0.1) is 0 Å². The second-order valence-electron chi connectivity index (χ2n) is 7.98. The van der Waals surface area contributed by atoms with Crippen LogP contribution in [0.3, 0.4) is 0 Å². The number of benzene rings is 3. The van der Waals surface area contributed by atoms with Crippen LogP contribution in [0.4, 0.5) is 5.69 Å². The molecule has 0 aliphatic carbocycles. The van der Waals surface area contributed by atoms with E-state index in [0.29, 0.717) is 5.56 Å². The minimum Gasteiger partial charge on any atom is -0.456 e. The summed E-state index contributed by atoms with van der Waals surface area (Å²) in [7, 11) is 0. The first-order valence-electron chi connectivity index (χ1n) is 10.8. The van der Waals surface area contributed by atoms with E-state index in [1.165, 1.54) is 5.56 Å². The highest BCUT2D eigenvalue weighted by atomic mass is 79.9. The molecule has 33 heavy (non-hydrogen) atoms. The Kier molecular flexibility index (Phi) is 7.50. The lowest BCUT2D eigenvalue weighted by Gasteiger charge is -2.27. The van der Waals surface area contributed by atoms with Crippen LogP contribution >= 0.6 is 28.3 Å². The summed E-state index contributed by atoms with van der Waals surface area (Å²) >= 11 is 3.43. The van der Waals surface area contributed by atoms with Gasteiger partial charge in [0.2, 0.25) is 0 Å². The summed E-state index contributed by atoms with van der Waals surface area (Å²) in [6.07, 6.45) is 0. The van der Waals surface area contributed by atoms with E-state index in [-0.39, 0.29) is 18.3 Å². The molecular formula is C26H25BrClN3O2. The number of hydrogen-bond donors (Lipinski definition) is 2. The molecule has 1 aromatic heterocycles. The maximum atomic E-state index is 12.8. The third-order valence-electron chi connectivity index (χ3n) is 5.78. The molecule has 1 aliphatic rings. The van der Waals surface area contributed by atoms with Crippen LogP contribution in [0.5, 0.6) is 0 Å². The first-order valence-corrected chi connectivity index (χ1v) is 11.6. The largest absolute Gasteiger partial charge is 0.456 e. The highest BCUT2D eigenvalue weighted by molar-refractivity contribution is 9.10. The van der Waals surface area contributed by atoms with Gasteiger partial charge >= 0.3 is 0 Å². The number of rotatable bonds is 5. The Hall–Kier alpha value is -2.64. The molecule has 0 bridgehead atoms. The molecule has 0 spiro atoms. The van der Waals surface area contributed by atoms with Gasteiger partial charge in [-0.15, -0.1) is 12.4 Å². The lowest BCUT2D eigenvalue weighted by molar-refractivity contribution is 0.102. The lowest BCUT2D eigenvalue weighted by atomic mass is 10.1. The number of anilines is 1. The molecule has 5 rings (SSSR count). The van der Waals surface area contributed by atoms with E-state index in [0.717, 1.165) is 65.2 Å². The molecule has 0 saturated carbocycles. The first-order chi connectivity index (χ1) is 15.7. The topological polar surface area (TPSA) is 57.5 Å². The molecular weight excluding hydrogens is 502 g/mol. The average Bonchev–Trinajstić information content (AvgIpc) is 3.25. The Bertz CT molecular complexity index is 1270. The molecule has 0 radical (unpaired) electrons. The van der Waals surface area contributed by atoms with E-state index in [2.05, 4.69) is 43.6 Å². The van der Waals surface area contributed by atoms with Crippen LogP contribution in [-0.4, -0.2) is 37.0 Å². The van der Waals surface area contributed by atoms with Crippen molar-refractivity contribution in [2.45, 2.75) is 6.54 Å². The standard InChI is InChI=1S/C26H24BrN3O2.ClH/c27-20-7-3-5-18(15-20)26(31)29-23-9-2-1-8-21(23)25-16-22-19(6-4-10-24(22)32-25)17-30-13-11-28-12-14-30;/h1-10,15-16,28H,11-14,17H2,(H,29,31);1H. The zero-order valence-electron chi connectivity index (χ0n) is 18.0. The maximum absolute atomic E-state index is 12.8. The summed E-state index contributed by atoms with van der Waals surface area (Å²) in [5, 5.41) is 7.56. The van der Waals surface area contributed by atoms with E-state index in [1.807, 2.05) is 54.6 Å². The Balaban J connectivity index is 0.00000259. The van der Waals surface area contributed by atoms with Gasteiger partial charge in [-0.3, -0.25) is 9.69 Å². The second-order valence-corrected chi connectivity index (χ2v) is 8.89. The summed E-state index contributed by atoms with van der Waals surface area (Å²) in [5.74, 6) is 0.590. The van der Waals surface area contributed by atoms with E-state index >= 15 is 0 Å². The molecule has 1 aliphatic heterocycles. The fourth-order valence-electron chi connectivity index (χ4n) is 4.13. The molecule has 1 fully saturated rings. The molecule has 0 atom stereocenters. The van der Waals surface area contributed by atoms with E-state index < -0.39 is 0 Å². The van der Waals surface area contributed by atoms with Crippen molar-refractivity contribution < 1.29 is 9.21 Å². The van der Waals surface area contributed by atoms with Crippen molar-refractivity contribution in [1.29, 1.82) is 0 Å². The van der Waals surface area contributed by atoms with Crippen molar-refractivity contribution in [3.63, 3.8) is 0 Å². The number of fused-ring (bicyclic) bond motifs is 1. The lowest BCUT2D eigenvalue weighted by Crippen LogP contribution is -2.42. The number of carbonyl (C=O) groups excluding carboxylic acids is 1. The van der Waals surface area contributed by atoms with Gasteiger partial charge in [0.25, 0.3) is 5.91 Å². The van der Waals surface area contributed by atoms with Crippen molar-refractivity contribution in [2.24, 2.45) is 0 Å². The van der Waals surface area contributed by atoms with Crippen LogP contribution < -0.4 is 10.6 Å². The zero-order valence-corrected chi connectivity index (χ0v) is 20.4. The number of halogens is 2. The first kappa shape index (κ1) is 23.5. The fourth-order valence-corrected chi connectivity index (χ4v) is 4.53. The molecule has 0 unspecified atom stereocenters. The van der Waals surface area contributed by atoms with Gasteiger partial charge in [0.15, 0.2) is 0 Å². The number of hydrogen-bond acceptors (Lipinski definition) is 4. The van der Waals surface area contributed by atoms with E-state index in [4.69, 9.17) is 4.42 Å². The Morgan fingerprint density at radius 2 is 1.79 bits per heavy atom. The highest BCUT2D eigenvalue weighted by Crippen LogP contribution is 2.34. The molecule has 5 nitrogen and oxygen atoms in total. The van der Waals surface area contributed by atoms with Crippen LogP contribution in [-0.2, 0) is 6.54 Å². The Labute approximate surface area is 207 Å². The van der Waals surface area contributed by atoms with Crippen LogP contribution in [0.15, 0.2) is 81.7 Å². The van der Waals surface area contributed by atoms with Crippen molar-refractivity contribution >= 4 is 50.9 Å². The normalized spacial score (nSPS) is 14.1. The van der Waals surface area contributed by atoms with Crippen molar-refractivity contribution in [3.05, 3.63) is 88.4 Å². The van der Waals surface area contributed by atoms with Crippen LogP contribution in [0.25, 0.3) is 22.3 Å². The van der Waals surface area contributed by atoms with Gasteiger partial charge < -0.3 is 15.1 Å². The molecule has 170 valence electrons. The fraction of sp³-hybridized carbons (Fsp3) is 0.192. The third kappa shape index (κ3) is 5.31. The molecule has 1 amide bonds. The van der Waals surface area contributed by atoms with Crippen molar-refractivity contribution in [2.75, 3.05) is 31.5 Å². The molecule has 3 aromatic carbocycles. The minimum absolute atomic E-state index is 0. The van der Waals surface area contributed by atoms with Crippen LogP contribution in [0.1, 0.15) is 15.9 Å². The minimum atomic E-state index is -0.158. The quantitative estimate of drug-likeness (QED) is 0.338. The second kappa shape index (κ2) is 10.5. The van der Waals surface area contributed by atoms with Gasteiger partial charge in [0, 0.05) is 53.7 Å². The molecule has 4 aromatic rings. The zero-order chi connectivity index (χ0) is 21.9. The van der Waals surface area contributed by atoms with Gasteiger partial charge in [0.05, 0.1) is 5.69 Å². The van der Waals surface area contributed by atoms with E-state index in [9.17, 15) is 4.79 Å². The van der Waals surface area contributed by atoms with Crippen LogP contribution in [0.2, 0.25) is 0 Å². The monoisotopic (exact) mass is 525 g/mol. The van der Waals surface area contributed by atoms with Gasteiger partial charge in [-0.2, -0.15) is 0 Å². The van der Waals surface area contributed by atoms with Crippen molar-refractivity contribution in [1.82, 2.24) is 10.2 Å². The summed E-state index contributed by atoms with van der Waals surface area (Å²) in [4.78, 5) is 15.3. The predicted octanol–water partition coefficient (Wildman–Crippen LogP) is 5.94. The number of nitrogens with zero attached hydrogens (tertiary/aromatic N) is 1. The number of furan rings is 1. The summed E-state index contributed by atoms with van der Waals surface area (Å²) in [6, 6.07) is 23.4. The molecule has 7 heteroatoms. The van der Waals surface area contributed by atoms with Gasteiger partial charge in [-0.05, 0) is 48.0 Å². The average molecular weight is 527 g/mol. The van der Waals surface area contributed by atoms with Gasteiger partial charge in [-0.1, -0.05) is 46.3 Å². The number of para-hydroxylation sites is 1. The smallest absolute Gasteiger partial charge is 0.255 e. The Morgan fingerprint density at radius 1 is 1.00 bits per heavy atom. The number of piperazine rings is 1. The van der Waals surface area contributed by atoms with Gasteiger partial charge in [0.1, 0.15) is 11.3 Å². The predicted molar refractivity (Wildman–Crippen MR) is 139 cm³/mol. The van der Waals surface area contributed by atoms with E-state index in [1.54, 1.807) is 6.07 Å². The molecule has 1 saturated heterocycles. The molecule has 2 heterocycles. The third-order valence-corrected chi connectivity index (χ3v) is 6.28. The summed E-state index contributed by atoms with van der Waals surface area (Å²) < 4.78 is 7.11. The molecule has 2 N–H and O–H groups in total. The van der Waals surface area contributed by atoms with Crippen molar-refractivity contribution in [3.8, 4) is 11.3 Å². The maximum Gasteiger partial charge on any atom is 0.255 e. The number of nitrogens with one attached hydrogen (secondary N) is 2. The summed E-state index contributed by atoms with van der Waals surface area (Å²) in [6.45, 7) is 5.05. The van der Waals surface area contributed by atoms with Gasteiger partial charge in [-0.25, -0.2) is 0 Å². The number of carbonyl (C=O) groups is 1. The summed E-state index contributed by atoms with van der Waals surface area (Å²) in [5.41, 5.74) is 4.30. The SMILES string of the molecule is Cl.O=C(Nc1ccccc1-c1cc2c(CN3CCNCC3)cccc2o1)c1cccc(Br)c1. The number of amides is 1. The Morgan fingerprint density at radius 3 is 2.61 bits per heavy atom. The highest BCUT2D eigenvalue weighted by Gasteiger charge is 2.17.